The van der Waals surface area contributed by atoms with Crippen LogP contribution in [0.2, 0.25) is 0 Å². The number of hydrogen-bond donors (Lipinski definition) is 1. The SMILES string of the molecule is CC1CN(c2c(F)cccc2CN)CC(C)N1C. The number of anilines is 1. The van der Waals surface area contributed by atoms with Crippen molar-refractivity contribution in [3.8, 4) is 0 Å². The largest absolute Gasteiger partial charge is 0.366 e. The third kappa shape index (κ3) is 2.35. The lowest BCUT2D eigenvalue weighted by atomic mass is 10.1. The predicted molar refractivity (Wildman–Crippen MR) is 73.2 cm³/mol. The fourth-order valence-electron chi connectivity index (χ4n) is 2.67. The molecule has 2 N–H and O–H groups in total. The summed E-state index contributed by atoms with van der Waals surface area (Å²) in [5.74, 6) is -0.165. The van der Waals surface area contributed by atoms with E-state index in [1.165, 1.54) is 6.07 Å². The topological polar surface area (TPSA) is 32.5 Å². The second-order valence-electron chi connectivity index (χ2n) is 5.22. The van der Waals surface area contributed by atoms with Crippen LogP contribution in [0.5, 0.6) is 0 Å². The van der Waals surface area contributed by atoms with Gasteiger partial charge in [0.25, 0.3) is 0 Å². The first-order valence-corrected chi connectivity index (χ1v) is 6.49. The number of hydrogen-bond acceptors (Lipinski definition) is 3. The van der Waals surface area contributed by atoms with E-state index in [1.54, 1.807) is 6.07 Å². The van der Waals surface area contributed by atoms with Crippen LogP contribution in [0.1, 0.15) is 19.4 Å². The molecule has 0 radical (unpaired) electrons. The highest BCUT2D eigenvalue weighted by Gasteiger charge is 2.28. The minimum absolute atomic E-state index is 0.165. The van der Waals surface area contributed by atoms with Gasteiger partial charge < -0.3 is 10.6 Å². The lowest BCUT2D eigenvalue weighted by Gasteiger charge is -2.44. The van der Waals surface area contributed by atoms with E-state index in [0.29, 0.717) is 24.3 Å². The predicted octanol–water partition coefficient (Wildman–Crippen LogP) is 1.81. The van der Waals surface area contributed by atoms with Crippen molar-refractivity contribution in [3.63, 3.8) is 0 Å². The number of nitrogens with zero attached hydrogens (tertiary/aromatic N) is 2. The van der Waals surface area contributed by atoms with Crippen molar-refractivity contribution in [2.24, 2.45) is 5.73 Å². The summed E-state index contributed by atoms with van der Waals surface area (Å²) in [5.41, 5.74) is 7.29. The molecule has 0 aromatic heterocycles. The zero-order valence-corrected chi connectivity index (χ0v) is 11.4. The molecule has 100 valence electrons. The van der Waals surface area contributed by atoms with Crippen molar-refractivity contribution in [1.29, 1.82) is 0 Å². The van der Waals surface area contributed by atoms with Crippen LogP contribution in [0, 0.1) is 5.82 Å². The summed E-state index contributed by atoms with van der Waals surface area (Å²) in [6.45, 7) is 6.41. The summed E-state index contributed by atoms with van der Waals surface area (Å²) in [6.07, 6.45) is 0. The number of rotatable bonds is 2. The van der Waals surface area contributed by atoms with Gasteiger partial charge in [-0.2, -0.15) is 0 Å². The zero-order valence-electron chi connectivity index (χ0n) is 11.4. The lowest BCUT2D eigenvalue weighted by molar-refractivity contribution is 0.169. The first-order chi connectivity index (χ1) is 8.54. The van der Waals surface area contributed by atoms with Gasteiger partial charge in [-0.3, -0.25) is 4.90 Å². The van der Waals surface area contributed by atoms with E-state index in [-0.39, 0.29) is 5.82 Å². The average Bonchev–Trinajstić information content (AvgIpc) is 2.35. The Bertz CT molecular complexity index is 410. The Labute approximate surface area is 108 Å². The van der Waals surface area contributed by atoms with E-state index >= 15 is 0 Å². The molecule has 0 spiro atoms. The summed E-state index contributed by atoms with van der Waals surface area (Å²) in [5, 5.41) is 0. The summed E-state index contributed by atoms with van der Waals surface area (Å²) in [4.78, 5) is 4.46. The fraction of sp³-hybridized carbons (Fsp3) is 0.571. The minimum Gasteiger partial charge on any atom is -0.366 e. The van der Waals surface area contributed by atoms with Crippen molar-refractivity contribution in [3.05, 3.63) is 29.6 Å². The molecule has 1 aliphatic rings. The number of likely N-dealkylation sites (N-methyl/N-ethyl adjacent to an activating group) is 1. The maximum Gasteiger partial charge on any atom is 0.146 e. The van der Waals surface area contributed by atoms with Crippen LogP contribution >= 0.6 is 0 Å². The maximum atomic E-state index is 14.1. The molecule has 2 rings (SSSR count). The molecule has 2 unspecified atom stereocenters. The lowest BCUT2D eigenvalue weighted by Crippen LogP contribution is -2.55. The van der Waals surface area contributed by atoms with E-state index < -0.39 is 0 Å². The summed E-state index contributed by atoms with van der Waals surface area (Å²) in [7, 11) is 2.12. The van der Waals surface area contributed by atoms with E-state index in [1.807, 2.05) is 6.07 Å². The van der Waals surface area contributed by atoms with Gasteiger partial charge in [-0.15, -0.1) is 0 Å². The molecule has 2 atom stereocenters. The fourth-order valence-corrected chi connectivity index (χ4v) is 2.67. The van der Waals surface area contributed by atoms with Crippen molar-refractivity contribution < 1.29 is 4.39 Å². The van der Waals surface area contributed by atoms with Crippen LogP contribution in [-0.4, -0.2) is 37.1 Å². The second kappa shape index (κ2) is 5.24. The van der Waals surface area contributed by atoms with E-state index in [2.05, 4.69) is 30.7 Å². The molecule has 0 aliphatic carbocycles. The summed E-state index contributed by atoms with van der Waals surface area (Å²) < 4.78 is 14.1. The van der Waals surface area contributed by atoms with E-state index in [0.717, 1.165) is 18.7 Å². The Hall–Kier alpha value is -1.13. The van der Waals surface area contributed by atoms with Gasteiger partial charge in [0, 0.05) is 31.7 Å². The Balaban J connectivity index is 2.32. The van der Waals surface area contributed by atoms with Gasteiger partial charge in [0.2, 0.25) is 0 Å². The minimum atomic E-state index is -0.165. The molecule has 1 fully saturated rings. The third-order valence-electron chi connectivity index (χ3n) is 3.97. The Morgan fingerprint density at radius 1 is 1.28 bits per heavy atom. The molecule has 1 aromatic carbocycles. The first kappa shape index (κ1) is 13.3. The number of benzene rings is 1. The standard InChI is InChI=1S/C14H22FN3/c1-10-8-18(9-11(2)17(10)3)14-12(7-16)5-4-6-13(14)15/h4-6,10-11H,7-9,16H2,1-3H3. The van der Waals surface area contributed by atoms with Crippen LogP contribution in [0.15, 0.2) is 18.2 Å². The number of halogens is 1. The molecular weight excluding hydrogens is 229 g/mol. The van der Waals surface area contributed by atoms with Gasteiger partial charge >= 0.3 is 0 Å². The Morgan fingerprint density at radius 3 is 2.44 bits per heavy atom. The van der Waals surface area contributed by atoms with Gasteiger partial charge in [-0.25, -0.2) is 4.39 Å². The molecule has 18 heavy (non-hydrogen) atoms. The van der Waals surface area contributed by atoms with Gasteiger partial charge in [0.05, 0.1) is 5.69 Å². The highest BCUT2D eigenvalue weighted by Crippen LogP contribution is 2.27. The van der Waals surface area contributed by atoms with Gasteiger partial charge in [-0.1, -0.05) is 12.1 Å². The van der Waals surface area contributed by atoms with E-state index in [9.17, 15) is 4.39 Å². The van der Waals surface area contributed by atoms with Crippen molar-refractivity contribution in [2.75, 3.05) is 25.0 Å². The highest BCUT2D eigenvalue weighted by molar-refractivity contribution is 5.55. The molecule has 1 aliphatic heterocycles. The Kier molecular flexibility index (Phi) is 3.88. The normalized spacial score (nSPS) is 25.5. The molecule has 4 heteroatoms. The molecule has 1 saturated heterocycles. The molecule has 3 nitrogen and oxygen atoms in total. The van der Waals surface area contributed by atoms with E-state index in [4.69, 9.17) is 5.73 Å². The van der Waals surface area contributed by atoms with Crippen molar-refractivity contribution in [1.82, 2.24) is 4.90 Å². The van der Waals surface area contributed by atoms with Crippen LogP contribution in [-0.2, 0) is 6.54 Å². The van der Waals surface area contributed by atoms with Crippen molar-refractivity contribution >= 4 is 5.69 Å². The molecule has 0 saturated carbocycles. The highest BCUT2D eigenvalue weighted by atomic mass is 19.1. The smallest absolute Gasteiger partial charge is 0.146 e. The monoisotopic (exact) mass is 251 g/mol. The molecular formula is C14H22FN3. The van der Waals surface area contributed by atoms with Crippen molar-refractivity contribution in [2.45, 2.75) is 32.5 Å². The first-order valence-electron chi connectivity index (χ1n) is 6.49. The molecule has 0 bridgehead atoms. The summed E-state index contributed by atoms with van der Waals surface area (Å²) >= 11 is 0. The zero-order chi connectivity index (χ0) is 13.3. The molecule has 1 heterocycles. The molecule has 0 amide bonds. The van der Waals surface area contributed by atoms with Crippen LogP contribution in [0.25, 0.3) is 0 Å². The van der Waals surface area contributed by atoms with Crippen LogP contribution in [0.3, 0.4) is 0 Å². The Morgan fingerprint density at radius 2 is 1.89 bits per heavy atom. The quantitative estimate of drug-likeness (QED) is 0.870. The van der Waals surface area contributed by atoms with Crippen LogP contribution in [0.4, 0.5) is 10.1 Å². The number of para-hydroxylation sites is 1. The summed E-state index contributed by atoms with van der Waals surface area (Å²) in [6, 6.07) is 5.98. The maximum absolute atomic E-state index is 14.1. The van der Waals surface area contributed by atoms with Gasteiger partial charge in [0.1, 0.15) is 5.82 Å². The average molecular weight is 251 g/mol. The number of nitrogens with two attached hydrogens (primary N) is 1. The third-order valence-corrected chi connectivity index (χ3v) is 3.97. The van der Waals surface area contributed by atoms with Gasteiger partial charge in [-0.05, 0) is 32.5 Å². The van der Waals surface area contributed by atoms with Gasteiger partial charge in [0.15, 0.2) is 0 Å². The molecule has 1 aromatic rings. The number of piperazine rings is 1. The van der Waals surface area contributed by atoms with Crippen LogP contribution < -0.4 is 10.6 Å². The second-order valence-corrected chi connectivity index (χ2v) is 5.22.